The Morgan fingerprint density at radius 3 is 2.63 bits per heavy atom. The number of ether oxygens (including phenoxy) is 2. The second kappa shape index (κ2) is 9.96. The summed E-state index contributed by atoms with van der Waals surface area (Å²) < 4.78 is 12.3. The van der Waals surface area contributed by atoms with Crippen molar-refractivity contribution in [2.75, 3.05) is 18.4 Å². The lowest BCUT2D eigenvalue weighted by Crippen LogP contribution is -2.44. The lowest BCUT2D eigenvalue weighted by atomic mass is 9.85. The molecule has 1 aliphatic heterocycles. The van der Waals surface area contributed by atoms with E-state index in [-0.39, 0.29) is 30.1 Å². The molecule has 6 nitrogen and oxygen atoms in total. The van der Waals surface area contributed by atoms with Crippen LogP contribution in [0.15, 0.2) is 16.7 Å². The molecule has 2 heterocycles. The summed E-state index contributed by atoms with van der Waals surface area (Å²) in [6, 6.07) is 4.45. The first-order valence-corrected chi connectivity index (χ1v) is 11.9. The summed E-state index contributed by atoms with van der Waals surface area (Å²) in [6.45, 7) is 12.8. The number of pyridine rings is 1. The lowest BCUT2D eigenvalue weighted by molar-refractivity contribution is -0.161. The molecule has 1 N–H and O–H groups in total. The fourth-order valence-electron chi connectivity index (χ4n) is 4.52. The molecule has 168 valence electrons. The van der Waals surface area contributed by atoms with Crippen LogP contribution in [0.4, 0.5) is 5.82 Å². The van der Waals surface area contributed by atoms with Crippen molar-refractivity contribution in [2.45, 2.75) is 90.7 Å². The highest BCUT2D eigenvalue weighted by atomic mass is 79.9. The molecule has 1 saturated heterocycles. The fourth-order valence-corrected chi connectivity index (χ4v) is 5.00. The van der Waals surface area contributed by atoms with Crippen LogP contribution in [0.5, 0.6) is 0 Å². The molecule has 0 bridgehead atoms. The molecule has 0 amide bonds. The monoisotopic (exact) mass is 481 g/mol. The summed E-state index contributed by atoms with van der Waals surface area (Å²) in [6.07, 6.45) is 4.26. The third-order valence-corrected chi connectivity index (χ3v) is 5.93. The first-order valence-electron chi connectivity index (χ1n) is 11.1. The van der Waals surface area contributed by atoms with Crippen molar-refractivity contribution in [3.63, 3.8) is 0 Å². The highest BCUT2D eigenvalue weighted by Crippen LogP contribution is 2.29. The first-order chi connectivity index (χ1) is 14.1. The standard InChI is InChI=1S/C23H36BrN3O3/c1-15-12-27(13-16(2)29-15)14-17-9-20(24)26-21(10-17)25-19-8-6-7-18(11-19)22(28)30-23(3,4)5/h9-10,15-16,18-19H,6-8,11-14H2,1-5H3,(H,25,26)/t15-,16+,18?,19-/m0/s1. The maximum absolute atomic E-state index is 12.5. The smallest absolute Gasteiger partial charge is 0.309 e. The van der Waals surface area contributed by atoms with Gasteiger partial charge < -0.3 is 14.8 Å². The lowest BCUT2D eigenvalue weighted by Gasteiger charge is -2.35. The maximum atomic E-state index is 12.5. The second-order valence-electron chi connectivity index (χ2n) is 9.87. The van der Waals surface area contributed by atoms with E-state index in [9.17, 15) is 4.79 Å². The largest absolute Gasteiger partial charge is 0.460 e. The van der Waals surface area contributed by atoms with Crippen molar-refractivity contribution in [1.29, 1.82) is 0 Å². The molecule has 1 aromatic heterocycles. The van der Waals surface area contributed by atoms with Crippen molar-refractivity contribution in [3.8, 4) is 0 Å². The van der Waals surface area contributed by atoms with Gasteiger partial charge in [-0.15, -0.1) is 0 Å². The predicted molar refractivity (Wildman–Crippen MR) is 122 cm³/mol. The quantitative estimate of drug-likeness (QED) is 0.482. The molecule has 1 aliphatic carbocycles. The Morgan fingerprint density at radius 1 is 1.27 bits per heavy atom. The van der Waals surface area contributed by atoms with E-state index in [0.717, 1.165) is 55.7 Å². The average Bonchev–Trinajstić information content (AvgIpc) is 2.59. The van der Waals surface area contributed by atoms with Gasteiger partial charge in [-0.2, -0.15) is 0 Å². The minimum atomic E-state index is -0.438. The topological polar surface area (TPSA) is 63.7 Å². The number of anilines is 1. The minimum absolute atomic E-state index is 0.0431. The molecule has 30 heavy (non-hydrogen) atoms. The zero-order chi connectivity index (χ0) is 21.9. The summed E-state index contributed by atoms with van der Waals surface area (Å²) >= 11 is 3.57. The van der Waals surface area contributed by atoms with Crippen LogP contribution in [-0.2, 0) is 20.8 Å². The van der Waals surface area contributed by atoms with Crippen LogP contribution >= 0.6 is 15.9 Å². The summed E-state index contributed by atoms with van der Waals surface area (Å²) in [4.78, 5) is 19.6. The number of nitrogens with zero attached hydrogens (tertiary/aromatic N) is 2. The van der Waals surface area contributed by atoms with Crippen LogP contribution in [0.2, 0.25) is 0 Å². The summed E-state index contributed by atoms with van der Waals surface area (Å²) in [7, 11) is 0. The van der Waals surface area contributed by atoms with Crippen LogP contribution in [-0.4, -0.2) is 52.8 Å². The summed E-state index contributed by atoms with van der Waals surface area (Å²) in [5, 5.41) is 3.57. The molecule has 0 aromatic carbocycles. The van der Waals surface area contributed by atoms with E-state index in [2.05, 4.69) is 57.1 Å². The van der Waals surface area contributed by atoms with E-state index in [0.29, 0.717) is 0 Å². The number of carbonyl (C=O) groups excluding carboxylic acids is 1. The van der Waals surface area contributed by atoms with Crippen molar-refractivity contribution in [1.82, 2.24) is 9.88 Å². The highest BCUT2D eigenvalue weighted by molar-refractivity contribution is 9.10. The van der Waals surface area contributed by atoms with Gasteiger partial charge in [0.1, 0.15) is 16.0 Å². The van der Waals surface area contributed by atoms with E-state index in [1.54, 1.807) is 0 Å². The van der Waals surface area contributed by atoms with Crippen LogP contribution in [0.25, 0.3) is 0 Å². The summed E-state index contributed by atoms with van der Waals surface area (Å²) in [5.41, 5.74) is 0.785. The normalized spacial score (nSPS) is 28.2. The highest BCUT2D eigenvalue weighted by Gasteiger charge is 2.31. The molecule has 4 atom stereocenters. The number of hydrogen-bond acceptors (Lipinski definition) is 6. The van der Waals surface area contributed by atoms with Gasteiger partial charge in [0.05, 0.1) is 18.1 Å². The molecule has 3 rings (SSSR count). The number of morpholine rings is 1. The van der Waals surface area contributed by atoms with Crippen LogP contribution in [0, 0.1) is 5.92 Å². The van der Waals surface area contributed by atoms with Crippen molar-refractivity contribution >= 4 is 27.7 Å². The fraction of sp³-hybridized carbons (Fsp3) is 0.739. The molecular formula is C23H36BrN3O3. The van der Waals surface area contributed by atoms with Crippen molar-refractivity contribution in [2.24, 2.45) is 5.92 Å². The predicted octanol–water partition coefficient (Wildman–Crippen LogP) is 4.77. The Balaban J connectivity index is 1.61. The number of hydrogen-bond donors (Lipinski definition) is 1. The van der Waals surface area contributed by atoms with Gasteiger partial charge in [0.25, 0.3) is 0 Å². The molecular weight excluding hydrogens is 446 g/mol. The van der Waals surface area contributed by atoms with E-state index in [1.807, 2.05) is 20.8 Å². The van der Waals surface area contributed by atoms with Gasteiger partial charge in [-0.25, -0.2) is 4.98 Å². The molecule has 1 unspecified atom stereocenters. The van der Waals surface area contributed by atoms with Crippen LogP contribution in [0.3, 0.4) is 0 Å². The third kappa shape index (κ3) is 7.20. The van der Waals surface area contributed by atoms with Crippen LogP contribution in [0.1, 0.15) is 65.9 Å². The second-order valence-corrected chi connectivity index (χ2v) is 10.7. The van der Waals surface area contributed by atoms with Gasteiger partial charge in [0.15, 0.2) is 0 Å². The van der Waals surface area contributed by atoms with Gasteiger partial charge in [-0.05, 0) is 87.5 Å². The minimum Gasteiger partial charge on any atom is -0.460 e. The molecule has 0 spiro atoms. The zero-order valence-electron chi connectivity index (χ0n) is 18.9. The van der Waals surface area contributed by atoms with E-state index < -0.39 is 5.60 Å². The maximum Gasteiger partial charge on any atom is 0.309 e. The van der Waals surface area contributed by atoms with Crippen molar-refractivity contribution in [3.05, 3.63) is 22.3 Å². The number of halogens is 1. The Bertz CT molecular complexity index is 727. The Kier molecular flexibility index (Phi) is 7.80. The van der Waals surface area contributed by atoms with Gasteiger partial charge in [-0.1, -0.05) is 6.42 Å². The zero-order valence-corrected chi connectivity index (χ0v) is 20.5. The van der Waals surface area contributed by atoms with E-state index in [4.69, 9.17) is 9.47 Å². The molecule has 0 radical (unpaired) electrons. The van der Waals surface area contributed by atoms with Gasteiger partial charge in [-0.3, -0.25) is 9.69 Å². The van der Waals surface area contributed by atoms with Crippen LogP contribution < -0.4 is 5.32 Å². The Hall–Kier alpha value is -1.18. The molecule has 1 aromatic rings. The van der Waals surface area contributed by atoms with Gasteiger partial charge in [0, 0.05) is 25.7 Å². The number of nitrogens with one attached hydrogen (secondary N) is 1. The average molecular weight is 482 g/mol. The molecule has 1 saturated carbocycles. The number of carbonyl (C=O) groups is 1. The number of aromatic nitrogens is 1. The Labute approximate surface area is 189 Å². The first kappa shape index (κ1) is 23.5. The van der Waals surface area contributed by atoms with Crippen molar-refractivity contribution < 1.29 is 14.3 Å². The SMILES string of the molecule is C[C@@H]1CN(Cc2cc(Br)nc(N[C@H]3CCCC(C(=O)OC(C)(C)C)C3)c2)C[C@H](C)O1. The third-order valence-electron chi connectivity index (χ3n) is 5.52. The molecule has 2 fully saturated rings. The molecule has 2 aliphatic rings. The molecule has 7 heteroatoms. The van der Waals surface area contributed by atoms with E-state index >= 15 is 0 Å². The number of rotatable bonds is 5. The van der Waals surface area contributed by atoms with Gasteiger partial charge >= 0.3 is 5.97 Å². The van der Waals surface area contributed by atoms with Gasteiger partial charge in [0.2, 0.25) is 0 Å². The van der Waals surface area contributed by atoms with E-state index in [1.165, 1.54) is 5.56 Å². The summed E-state index contributed by atoms with van der Waals surface area (Å²) in [5.74, 6) is 0.745. The number of esters is 1. The Morgan fingerprint density at radius 2 is 1.97 bits per heavy atom.